The number of aliphatic imine (C=N–C) groups is 1. The molecule has 27 heavy (non-hydrogen) atoms. The maximum Gasteiger partial charge on any atom is 0.191 e. The van der Waals surface area contributed by atoms with Crippen LogP contribution in [0.1, 0.15) is 12.2 Å². The van der Waals surface area contributed by atoms with Crippen LogP contribution in [0.15, 0.2) is 59.7 Å². The van der Waals surface area contributed by atoms with Crippen molar-refractivity contribution in [2.75, 3.05) is 32.1 Å². The summed E-state index contributed by atoms with van der Waals surface area (Å²) in [5.74, 6) is 1.62. The molecule has 0 atom stereocenters. The van der Waals surface area contributed by atoms with Crippen LogP contribution < -0.4 is 15.5 Å². The SMILES string of the molecule is CN=C(NCCCN(C)c1ccccc1)NCc1nnc2ccccn12.I. The monoisotopic (exact) mass is 479 g/mol. The number of benzene rings is 1. The smallest absolute Gasteiger partial charge is 0.191 e. The van der Waals surface area contributed by atoms with Gasteiger partial charge in [0, 0.05) is 39.1 Å². The molecular formula is C19H26IN7. The predicted octanol–water partition coefficient (Wildman–Crippen LogP) is 2.54. The third-order valence-electron chi connectivity index (χ3n) is 4.18. The highest BCUT2D eigenvalue weighted by Gasteiger charge is 2.05. The number of para-hydroxylation sites is 1. The summed E-state index contributed by atoms with van der Waals surface area (Å²) in [6.45, 7) is 2.38. The summed E-state index contributed by atoms with van der Waals surface area (Å²) in [5.41, 5.74) is 2.07. The van der Waals surface area contributed by atoms with Crippen LogP contribution in [-0.4, -0.2) is 47.7 Å². The van der Waals surface area contributed by atoms with E-state index in [0.29, 0.717) is 6.54 Å². The van der Waals surface area contributed by atoms with Crippen LogP contribution in [0.5, 0.6) is 0 Å². The first-order valence-corrected chi connectivity index (χ1v) is 8.77. The molecule has 144 valence electrons. The van der Waals surface area contributed by atoms with Gasteiger partial charge in [-0.1, -0.05) is 24.3 Å². The minimum Gasteiger partial charge on any atom is -0.375 e. The van der Waals surface area contributed by atoms with Crippen molar-refractivity contribution < 1.29 is 0 Å². The molecular weight excluding hydrogens is 453 g/mol. The van der Waals surface area contributed by atoms with E-state index in [4.69, 9.17) is 0 Å². The lowest BCUT2D eigenvalue weighted by molar-refractivity contribution is 0.718. The highest BCUT2D eigenvalue weighted by Crippen LogP contribution is 2.10. The molecule has 0 aliphatic heterocycles. The second-order valence-corrected chi connectivity index (χ2v) is 6.01. The van der Waals surface area contributed by atoms with Crippen molar-refractivity contribution in [1.82, 2.24) is 25.2 Å². The number of nitrogens with one attached hydrogen (secondary N) is 2. The second-order valence-electron chi connectivity index (χ2n) is 6.01. The van der Waals surface area contributed by atoms with Crippen LogP contribution >= 0.6 is 24.0 Å². The number of nitrogens with zero attached hydrogens (tertiary/aromatic N) is 5. The zero-order chi connectivity index (χ0) is 18.2. The molecule has 0 unspecified atom stereocenters. The zero-order valence-electron chi connectivity index (χ0n) is 15.7. The number of rotatable bonds is 7. The molecule has 0 spiro atoms. The van der Waals surface area contributed by atoms with E-state index in [2.05, 4.69) is 62.0 Å². The average Bonchev–Trinajstić information content (AvgIpc) is 3.11. The van der Waals surface area contributed by atoms with E-state index in [0.717, 1.165) is 36.9 Å². The minimum absolute atomic E-state index is 0. The van der Waals surface area contributed by atoms with Crippen LogP contribution in [0.25, 0.3) is 5.65 Å². The molecule has 8 heteroatoms. The fourth-order valence-corrected chi connectivity index (χ4v) is 2.73. The third-order valence-corrected chi connectivity index (χ3v) is 4.18. The molecule has 0 bridgehead atoms. The summed E-state index contributed by atoms with van der Waals surface area (Å²) in [7, 11) is 3.88. The molecule has 0 fully saturated rings. The molecule has 2 heterocycles. The van der Waals surface area contributed by atoms with E-state index in [-0.39, 0.29) is 24.0 Å². The molecule has 2 aromatic heterocycles. The van der Waals surface area contributed by atoms with Crippen LogP contribution in [0, 0.1) is 0 Å². The van der Waals surface area contributed by atoms with Gasteiger partial charge in [-0.15, -0.1) is 34.2 Å². The summed E-state index contributed by atoms with van der Waals surface area (Å²) < 4.78 is 1.97. The topological polar surface area (TPSA) is 69.8 Å². The first-order chi connectivity index (χ1) is 12.8. The minimum atomic E-state index is 0. The number of pyridine rings is 1. The number of aromatic nitrogens is 3. The first kappa shape index (κ1) is 20.9. The molecule has 3 rings (SSSR count). The van der Waals surface area contributed by atoms with Crippen molar-refractivity contribution in [2.24, 2.45) is 4.99 Å². The quantitative estimate of drug-likeness (QED) is 0.236. The van der Waals surface area contributed by atoms with Gasteiger partial charge in [0.2, 0.25) is 0 Å². The van der Waals surface area contributed by atoms with E-state index in [1.54, 1.807) is 7.05 Å². The molecule has 0 saturated heterocycles. The average molecular weight is 479 g/mol. The fraction of sp³-hybridized carbons (Fsp3) is 0.316. The van der Waals surface area contributed by atoms with Gasteiger partial charge in [-0.05, 0) is 30.7 Å². The first-order valence-electron chi connectivity index (χ1n) is 8.77. The Morgan fingerprint density at radius 1 is 1.07 bits per heavy atom. The molecule has 2 N–H and O–H groups in total. The standard InChI is InChI=1S/C19H25N7.HI/c1-20-19(21-12-8-13-25(2)16-9-4-3-5-10-16)22-15-18-24-23-17-11-6-7-14-26(17)18;/h3-7,9-11,14H,8,12-13,15H2,1-2H3,(H2,20,21,22);1H. The van der Waals surface area contributed by atoms with E-state index < -0.39 is 0 Å². The van der Waals surface area contributed by atoms with Crippen LogP contribution in [-0.2, 0) is 6.54 Å². The fourth-order valence-electron chi connectivity index (χ4n) is 2.73. The summed E-state index contributed by atoms with van der Waals surface area (Å²) in [6.07, 6.45) is 2.97. The van der Waals surface area contributed by atoms with Crippen molar-refractivity contribution >= 4 is 41.3 Å². The molecule has 0 aliphatic rings. The molecule has 0 saturated carbocycles. The van der Waals surface area contributed by atoms with Crippen molar-refractivity contribution in [1.29, 1.82) is 0 Å². The Balaban J connectivity index is 0.00000261. The van der Waals surface area contributed by atoms with Gasteiger partial charge in [0.1, 0.15) is 0 Å². The van der Waals surface area contributed by atoms with Crippen molar-refractivity contribution in [3.63, 3.8) is 0 Å². The van der Waals surface area contributed by atoms with E-state index in [1.807, 2.05) is 34.9 Å². The normalized spacial score (nSPS) is 11.1. The Labute approximate surface area is 176 Å². The lowest BCUT2D eigenvalue weighted by Crippen LogP contribution is -2.38. The molecule has 7 nitrogen and oxygen atoms in total. The number of halogens is 1. The largest absolute Gasteiger partial charge is 0.375 e. The second kappa shape index (κ2) is 10.7. The number of anilines is 1. The lowest BCUT2D eigenvalue weighted by atomic mass is 10.3. The van der Waals surface area contributed by atoms with Crippen LogP contribution in [0.4, 0.5) is 5.69 Å². The van der Waals surface area contributed by atoms with Gasteiger partial charge in [0.15, 0.2) is 17.4 Å². The Morgan fingerprint density at radius 2 is 1.85 bits per heavy atom. The van der Waals surface area contributed by atoms with E-state index in [1.165, 1.54) is 5.69 Å². The Morgan fingerprint density at radius 3 is 2.63 bits per heavy atom. The van der Waals surface area contributed by atoms with Gasteiger partial charge < -0.3 is 15.5 Å². The maximum atomic E-state index is 4.27. The third kappa shape index (κ3) is 5.81. The van der Waals surface area contributed by atoms with Crippen molar-refractivity contribution in [3.8, 4) is 0 Å². The Kier molecular flexibility index (Phi) is 8.31. The molecule has 1 aromatic carbocycles. The van der Waals surface area contributed by atoms with Gasteiger partial charge in [-0.25, -0.2) is 0 Å². The summed E-state index contributed by atoms with van der Waals surface area (Å²) in [6, 6.07) is 16.3. The van der Waals surface area contributed by atoms with Crippen molar-refractivity contribution in [3.05, 3.63) is 60.6 Å². The zero-order valence-corrected chi connectivity index (χ0v) is 18.0. The molecule has 0 amide bonds. The van der Waals surface area contributed by atoms with Gasteiger partial charge in [0.25, 0.3) is 0 Å². The van der Waals surface area contributed by atoms with Crippen molar-refractivity contribution in [2.45, 2.75) is 13.0 Å². The predicted molar refractivity (Wildman–Crippen MR) is 121 cm³/mol. The number of guanidine groups is 1. The van der Waals surface area contributed by atoms with E-state index in [9.17, 15) is 0 Å². The summed E-state index contributed by atoms with van der Waals surface area (Å²) in [4.78, 5) is 6.52. The summed E-state index contributed by atoms with van der Waals surface area (Å²) >= 11 is 0. The number of fused-ring (bicyclic) bond motifs is 1. The van der Waals surface area contributed by atoms with Gasteiger partial charge in [-0.3, -0.25) is 9.39 Å². The van der Waals surface area contributed by atoms with Crippen LogP contribution in [0.3, 0.4) is 0 Å². The Bertz CT molecular complexity index is 847. The van der Waals surface area contributed by atoms with Crippen LogP contribution in [0.2, 0.25) is 0 Å². The number of hydrogen-bond donors (Lipinski definition) is 2. The van der Waals surface area contributed by atoms with E-state index >= 15 is 0 Å². The summed E-state index contributed by atoms with van der Waals surface area (Å²) in [5, 5.41) is 15.0. The van der Waals surface area contributed by atoms with Gasteiger partial charge in [0.05, 0.1) is 6.54 Å². The molecule has 0 radical (unpaired) electrons. The highest BCUT2D eigenvalue weighted by atomic mass is 127. The Hall–Kier alpha value is -2.36. The highest BCUT2D eigenvalue weighted by molar-refractivity contribution is 14.0. The molecule has 3 aromatic rings. The number of hydrogen-bond acceptors (Lipinski definition) is 4. The lowest BCUT2D eigenvalue weighted by Gasteiger charge is -2.19. The maximum absolute atomic E-state index is 4.27. The van der Waals surface area contributed by atoms with Gasteiger partial charge in [-0.2, -0.15) is 0 Å². The molecule has 0 aliphatic carbocycles. The van der Waals surface area contributed by atoms with Gasteiger partial charge >= 0.3 is 0 Å².